The summed E-state index contributed by atoms with van der Waals surface area (Å²) in [6, 6.07) is -0.0242. The smallest absolute Gasteiger partial charge is 0.306 e. The van der Waals surface area contributed by atoms with E-state index in [0.717, 1.165) is 32.2 Å². The second-order valence-electron chi connectivity index (χ2n) is 6.23. The first-order chi connectivity index (χ1) is 9.80. The molecule has 0 aromatic carbocycles. The van der Waals surface area contributed by atoms with Crippen molar-refractivity contribution in [3.05, 3.63) is 0 Å². The molecule has 2 atom stereocenters. The lowest BCUT2D eigenvalue weighted by molar-refractivity contribution is -0.141. The molecule has 5 nitrogen and oxygen atoms in total. The first kappa shape index (κ1) is 18.4. The molecule has 0 bridgehead atoms. The normalized spacial score (nSPS) is 19.8. The van der Waals surface area contributed by atoms with E-state index in [1.165, 1.54) is 7.11 Å². The lowest BCUT2D eigenvalue weighted by Gasteiger charge is -2.26. The summed E-state index contributed by atoms with van der Waals surface area (Å²) in [5.41, 5.74) is -0.372. The molecule has 1 rings (SSSR count). The molecule has 0 aliphatic heterocycles. The van der Waals surface area contributed by atoms with Crippen molar-refractivity contribution in [1.82, 2.24) is 5.32 Å². The Morgan fingerprint density at radius 1 is 1.33 bits per heavy atom. The first-order valence-electron chi connectivity index (χ1n) is 7.82. The van der Waals surface area contributed by atoms with Crippen molar-refractivity contribution in [3.63, 3.8) is 0 Å². The second-order valence-corrected chi connectivity index (χ2v) is 8.59. The first-order valence-corrected chi connectivity index (χ1v) is 9.53. The van der Waals surface area contributed by atoms with Crippen LogP contribution in [0.5, 0.6) is 0 Å². The van der Waals surface area contributed by atoms with Gasteiger partial charge in [0.05, 0.1) is 24.5 Å². The fourth-order valence-electron chi connectivity index (χ4n) is 2.71. The molecule has 0 spiro atoms. The third-order valence-electron chi connectivity index (χ3n) is 4.44. The summed E-state index contributed by atoms with van der Waals surface area (Å²) in [7, 11) is -1.88. The maximum absolute atomic E-state index is 12.6. The highest BCUT2D eigenvalue weighted by Crippen LogP contribution is 2.50. The highest BCUT2D eigenvalue weighted by Gasteiger charge is 2.49. The number of hydrogen-bond acceptors (Lipinski definition) is 5. The fraction of sp³-hybridized carbons (Fsp3) is 0.933. The van der Waals surface area contributed by atoms with Crippen LogP contribution in [0.1, 0.15) is 52.9 Å². The lowest BCUT2D eigenvalue weighted by atomic mass is 10.1. The summed E-state index contributed by atoms with van der Waals surface area (Å²) >= 11 is 0. The SMILES string of the molecule is CCCNC(CC)C(C)S(=O)(=O)CC1(CC(=O)OC)CC1. The van der Waals surface area contributed by atoms with E-state index in [1.807, 2.05) is 6.92 Å². The Morgan fingerprint density at radius 3 is 2.38 bits per heavy atom. The van der Waals surface area contributed by atoms with E-state index in [2.05, 4.69) is 17.0 Å². The van der Waals surface area contributed by atoms with E-state index in [9.17, 15) is 13.2 Å². The van der Waals surface area contributed by atoms with Crippen LogP contribution in [0.2, 0.25) is 0 Å². The molecule has 6 heteroatoms. The number of sulfone groups is 1. The van der Waals surface area contributed by atoms with Gasteiger partial charge in [0.2, 0.25) is 0 Å². The van der Waals surface area contributed by atoms with Crippen molar-refractivity contribution in [3.8, 4) is 0 Å². The third-order valence-corrected chi connectivity index (χ3v) is 6.92. The second kappa shape index (κ2) is 7.58. The third kappa shape index (κ3) is 5.25. The van der Waals surface area contributed by atoms with Crippen molar-refractivity contribution >= 4 is 15.8 Å². The summed E-state index contributed by atoms with van der Waals surface area (Å²) in [4.78, 5) is 11.4. The number of ether oxygens (including phenoxy) is 1. The maximum Gasteiger partial charge on any atom is 0.306 e. The number of hydrogen-bond donors (Lipinski definition) is 1. The van der Waals surface area contributed by atoms with Crippen molar-refractivity contribution in [1.29, 1.82) is 0 Å². The number of rotatable bonds is 10. The Balaban J connectivity index is 2.69. The van der Waals surface area contributed by atoms with Crippen LogP contribution in [-0.2, 0) is 19.4 Å². The Bertz CT molecular complexity index is 443. The molecule has 0 aromatic rings. The van der Waals surface area contributed by atoms with Gasteiger partial charge in [-0.2, -0.15) is 0 Å². The monoisotopic (exact) mass is 319 g/mol. The predicted molar refractivity (Wildman–Crippen MR) is 83.9 cm³/mol. The van der Waals surface area contributed by atoms with Crippen LogP contribution >= 0.6 is 0 Å². The minimum absolute atomic E-state index is 0.0242. The number of nitrogens with one attached hydrogen (secondary N) is 1. The molecular formula is C15H29NO4S. The number of carbonyl (C=O) groups is 1. The van der Waals surface area contributed by atoms with Crippen LogP contribution in [0.4, 0.5) is 0 Å². The molecule has 124 valence electrons. The Kier molecular flexibility index (Phi) is 6.66. The van der Waals surface area contributed by atoms with E-state index in [-0.39, 0.29) is 29.6 Å². The molecule has 1 saturated carbocycles. The zero-order valence-electron chi connectivity index (χ0n) is 13.6. The van der Waals surface area contributed by atoms with Crippen molar-refractivity contribution in [2.75, 3.05) is 19.4 Å². The Labute approximate surface area is 128 Å². The van der Waals surface area contributed by atoms with Crippen LogP contribution in [0, 0.1) is 5.41 Å². The molecule has 0 amide bonds. The highest BCUT2D eigenvalue weighted by molar-refractivity contribution is 7.92. The zero-order valence-corrected chi connectivity index (χ0v) is 14.5. The van der Waals surface area contributed by atoms with Crippen LogP contribution in [0.3, 0.4) is 0 Å². The van der Waals surface area contributed by atoms with Gasteiger partial charge >= 0.3 is 5.97 Å². The van der Waals surface area contributed by atoms with Crippen LogP contribution in [-0.4, -0.2) is 45.1 Å². The van der Waals surface area contributed by atoms with Gasteiger partial charge in [0, 0.05) is 6.04 Å². The summed E-state index contributed by atoms with van der Waals surface area (Å²) in [6.45, 7) is 6.67. The average Bonchev–Trinajstić information content (AvgIpc) is 3.17. The molecule has 1 fully saturated rings. The molecule has 21 heavy (non-hydrogen) atoms. The number of methoxy groups -OCH3 is 1. The van der Waals surface area contributed by atoms with Crippen LogP contribution < -0.4 is 5.32 Å². The van der Waals surface area contributed by atoms with Crippen molar-refractivity contribution < 1.29 is 17.9 Å². The van der Waals surface area contributed by atoms with Crippen LogP contribution in [0.15, 0.2) is 0 Å². The molecule has 0 saturated heterocycles. The average molecular weight is 319 g/mol. The van der Waals surface area contributed by atoms with Gasteiger partial charge in [0.1, 0.15) is 0 Å². The van der Waals surface area contributed by atoms with Gasteiger partial charge in [-0.3, -0.25) is 4.79 Å². The predicted octanol–water partition coefficient (Wildman–Crippen LogP) is 1.91. The minimum Gasteiger partial charge on any atom is -0.469 e. The van der Waals surface area contributed by atoms with E-state index in [1.54, 1.807) is 6.92 Å². The quantitative estimate of drug-likeness (QED) is 0.623. The Hall–Kier alpha value is -0.620. The molecule has 1 N–H and O–H groups in total. The minimum atomic E-state index is -3.22. The molecule has 0 aromatic heterocycles. The van der Waals surface area contributed by atoms with Gasteiger partial charge in [-0.05, 0) is 44.6 Å². The Morgan fingerprint density at radius 2 is 1.95 bits per heavy atom. The van der Waals surface area contributed by atoms with Gasteiger partial charge in [0.15, 0.2) is 9.84 Å². The number of carbonyl (C=O) groups excluding carboxylic acids is 1. The standard InChI is InChI=1S/C15H29NO4S/c1-5-9-16-13(6-2)12(3)21(18,19)11-15(7-8-15)10-14(17)20-4/h12-13,16H,5-11H2,1-4H3. The maximum atomic E-state index is 12.6. The molecule has 1 aliphatic rings. The molecule has 0 radical (unpaired) electrons. The van der Waals surface area contributed by atoms with E-state index >= 15 is 0 Å². The van der Waals surface area contributed by atoms with E-state index < -0.39 is 15.1 Å². The van der Waals surface area contributed by atoms with Crippen LogP contribution in [0.25, 0.3) is 0 Å². The summed E-state index contributed by atoms with van der Waals surface area (Å²) < 4.78 is 29.9. The zero-order chi connectivity index (χ0) is 16.1. The number of esters is 1. The topological polar surface area (TPSA) is 72.5 Å². The van der Waals surface area contributed by atoms with Gasteiger partial charge < -0.3 is 10.1 Å². The van der Waals surface area contributed by atoms with Gasteiger partial charge in [0.25, 0.3) is 0 Å². The summed E-state index contributed by atoms with van der Waals surface area (Å²) in [5.74, 6) is -0.216. The summed E-state index contributed by atoms with van der Waals surface area (Å²) in [6.07, 6.45) is 3.58. The molecular weight excluding hydrogens is 290 g/mol. The van der Waals surface area contributed by atoms with Gasteiger partial charge in [-0.15, -0.1) is 0 Å². The highest BCUT2D eigenvalue weighted by atomic mass is 32.2. The van der Waals surface area contributed by atoms with E-state index in [4.69, 9.17) is 0 Å². The van der Waals surface area contributed by atoms with Crippen molar-refractivity contribution in [2.45, 2.75) is 64.2 Å². The molecule has 2 unspecified atom stereocenters. The summed E-state index contributed by atoms with van der Waals surface area (Å²) in [5, 5.41) is 2.89. The van der Waals surface area contributed by atoms with Gasteiger partial charge in [-0.1, -0.05) is 13.8 Å². The van der Waals surface area contributed by atoms with Gasteiger partial charge in [-0.25, -0.2) is 8.42 Å². The van der Waals surface area contributed by atoms with Crippen molar-refractivity contribution in [2.24, 2.45) is 5.41 Å². The molecule has 1 aliphatic carbocycles. The lowest BCUT2D eigenvalue weighted by Crippen LogP contribution is -2.44. The molecule has 0 heterocycles. The largest absolute Gasteiger partial charge is 0.469 e. The fourth-order valence-corrected chi connectivity index (χ4v) is 5.00. The van der Waals surface area contributed by atoms with E-state index in [0.29, 0.717) is 0 Å².